The number of hydrogen-bond acceptors (Lipinski definition) is 8. The first kappa shape index (κ1) is 24.1. The molecular formula is C24H27N5O4S. The van der Waals surface area contributed by atoms with E-state index in [1.165, 1.54) is 24.3 Å². The van der Waals surface area contributed by atoms with Crippen molar-refractivity contribution in [2.45, 2.75) is 17.1 Å². The largest absolute Gasteiger partial charge is 0.492 e. The van der Waals surface area contributed by atoms with Crippen molar-refractivity contribution in [1.29, 1.82) is 10.5 Å². The second-order valence-electron chi connectivity index (χ2n) is 8.42. The fourth-order valence-corrected chi connectivity index (χ4v) is 5.30. The molecule has 2 fully saturated rings. The van der Waals surface area contributed by atoms with Gasteiger partial charge in [0.15, 0.2) is 0 Å². The standard InChI is InChI=1S/C24H27N5O4S/c25-13-19-1-5-21(6-2-19)32-12-11-29-17-22-15-28(16-23(18-29)33-22)10-9-27-34(30,31)24-7-3-20(14-26)4-8-24/h1-8,22-23,27H,9-12,15-18H2. The van der Waals surface area contributed by atoms with Gasteiger partial charge < -0.3 is 9.47 Å². The quantitative estimate of drug-likeness (QED) is 0.567. The lowest BCUT2D eigenvalue weighted by atomic mass is 10.1. The van der Waals surface area contributed by atoms with Gasteiger partial charge in [0.05, 0.1) is 40.4 Å². The molecule has 34 heavy (non-hydrogen) atoms. The Bertz CT molecular complexity index is 1140. The van der Waals surface area contributed by atoms with E-state index in [4.69, 9.17) is 20.0 Å². The number of fused-ring (bicyclic) bond motifs is 2. The molecule has 0 amide bonds. The first-order valence-electron chi connectivity index (χ1n) is 11.2. The summed E-state index contributed by atoms with van der Waals surface area (Å²) in [6.45, 7) is 5.38. The Hall–Kier alpha value is -2.99. The van der Waals surface area contributed by atoms with Crippen LogP contribution in [0.5, 0.6) is 5.75 Å². The average Bonchev–Trinajstić information content (AvgIpc) is 2.84. The summed E-state index contributed by atoms with van der Waals surface area (Å²) in [5.41, 5.74) is 1.04. The van der Waals surface area contributed by atoms with Crippen molar-refractivity contribution >= 4 is 10.0 Å². The number of benzene rings is 2. The van der Waals surface area contributed by atoms with E-state index in [9.17, 15) is 8.42 Å². The SMILES string of the molecule is N#Cc1ccc(OCCN2CC3CN(CCNS(=O)(=O)c4ccc(C#N)cc4)CC(C2)O3)cc1. The van der Waals surface area contributed by atoms with Crippen LogP contribution in [0.2, 0.25) is 0 Å². The third kappa shape index (κ3) is 6.32. The molecule has 1 N–H and O–H groups in total. The summed E-state index contributed by atoms with van der Waals surface area (Å²) in [5, 5.41) is 17.7. The van der Waals surface area contributed by atoms with Crippen molar-refractivity contribution in [3.8, 4) is 17.9 Å². The van der Waals surface area contributed by atoms with E-state index in [1.807, 2.05) is 6.07 Å². The minimum absolute atomic E-state index is 0.0811. The van der Waals surface area contributed by atoms with E-state index in [-0.39, 0.29) is 17.1 Å². The van der Waals surface area contributed by atoms with Crippen molar-refractivity contribution in [3.05, 3.63) is 59.7 Å². The molecule has 2 aliphatic heterocycles. The summed E-state index contributed by atoms with van der Waals surface area (Å²) in [5.74, 6) is 0.752. The van der Waals surface area contributed by atoms with Gasteiger partial charge >= 0.3 is 0 Å². The van der Waals surface area contributed by atoms with Crippen molar-refractivity contribution < 1.29 is 17.9 Å². The Morgan fingerprint density at radius 1 is 0.882 bits per heavy atom. The predicted octanol–water partition coefficient (Wildman–Crippen LogP) is 1.17. The van der Waals surface area contributed by atoms with Gasteiger partial charge in [-0.3, -0.25) is 9.80 Å². The molecule has 2 unspecified atom stereocenters. The van der Waals surface area contributed by atoms with Crippen LogP contribution in [0.25, 0.3) is 0 Å². The molecular weight excluding hydrogens is 454 g/mol. The summed E-state index contributed by atoms with van der Waals surface area (Å²) < 4.78 is 39.5. The Labute approximate surface area is 200 Å². The van der Waals surface area contributed by atoms with Gasteiger partial charge in [-0.25, -0.2) is 13.1 Å². The van der Waals surface area contributed by atoms with E-state index in [0.29, 0.717) is 30.8 Å². The number of sulfonamides is 1. The highest BCUT2D eigenvalue weighted by molar-refractivity contribution is 7.89. The number of ether oxygens (including phenoxy) is 2. The number of morpholine rings is 2. The van der Waals surface area contributed by atoms with E-state index >= 15 is 0 Å². The van der Waals surface area contributed by atoms with Gasteiger partial charge in [0.25, 0.3) is 0 Å². The molecule has 2 atom stereocenters. The van der Waals surface area contributed by atoms with Gasteiger partial charge in [0.1, 0.15) is 12.4 Å². The average molecular weight is 482 g/mol. The zero-order valence-corrected chi connectivity index (χ0v) is 19.6. The molecule has 0 aromatic heterocycles. The molecule has 0 spiro atoms. The molecule has 2 saturated heterocycles. The number of nitrogens with zero attached hydrogens (tertiary/aromatic N) is 4. The van der Waals surface area contributed by atoms with E-state index in [2.05, 4.69) is 20.6 Å². The van der Waals surface area contributed by atoms with Gasteiger partial charge in [-0.05, 0) is 48.5 Å². The smallest absolute Gasteiger partial charge is 0.240 e. The highest BCUT2D eigenvalue weighted by atomic mass is 32.2. The summed E-state index contributed by atoms with van der Waals surface area (Å²) in [7, 11) is -3.61. The maximum absolute atomic E-state index is 12.5. The molecule has 2 bridgehead atoms. The van der Waals surface area contributed by atoms with Gasteiger partial charge in [-0.1, -0.05) is 0 Å². The van der Waals surface area contributed by atoms with Crippen molar-refractivity contribution in [1.82, 2.24) is 14.5 Å². The van der Waals surface area contributed by atoms with Crippen LogP contribution in [0.3, 0.4) is 0 Å². The predicted molar refractivity (Wildman–Crippen MR) is 125 cm³/mol. The van der Waals surface area contributed by atoms with Gasteiger partial charge in [0, 0.05) is 45.8 Å². The maximum atomic E-state index is 12.5. The molecule has 2 aromatic rings. The second kappa shape index (κ2) is 11.0. The van der Waals surface area contributed by atoms with Crippen LogP contribution in [0.1, 0.15) is 11.1 Å². The van der Waals surface area contributed by atoms with E-state index < -0.39 is 10.0 Å². The number of nitriles is 2. The minimum atomic E-state index is -3.61. The highest BCUT2D eigenvalue weighted by Crippen LogP contribution is 2.19. The number of rotatable bonds is 9. The van der Waals surface area contributed by atoms with Crippen molar-refractivity contribution in [2.75, 3.05) is 52.4 Å². The minimum Gasteiger partial charge on any atom is -0.492 e. The number of hydrogen-bond donors (Lipinski definition) is 1. The maximum Gasteiger partial charge on any atom is 0.240 e. The first-order chi connectivity index (χ1) is 16.4. The summed E-state index contributed by atoms with van der Waals surface area (Å²) >= 11 is 0. The summed E-state index contributed by atoms with van der Waals surface area (Å²) in [6.07, 6.45) is 0.162. The van der Waals surface area contributed by atoms with Gasteiger partial charge in [-0.15, -0.1) is 0 Å². The molecule has 0 radical (unpaired) electrons. The monoisotopic (exact) mass is 481 g/mol. The molecule has 9 nitrogen and oxygen atoms in total. The van der Waals surface area contributed by atoms with Crippen LogP contribution in [0, 0.1) is 22.7 Å². The lowest BCUT2D eigenvalue weighted by molar-refractivity contribution is -0.138. The zero-order chi connectivity index (χ0) is 24.0. The summed E-state index contributed by atoms with van der Waals surface area (Å²) in [6, 6.07) is 17.1. The second-order valence-corrected chi connectivity index (χ2v) is 10.2. The van der Waals surface area contributed by atoms with Crippen LogP contribution in [-0.4, -0.2) is 82.8 Å². The lowest BCUT2D eigenvalue weighted by Gasteiger charge is -2.45. The Balaban J connectivity index is 1.19. The third-order valence-corrected chi connectivity index (χ3v) is 7.38. The molecule has 2 heterocycles. The molecule has 10 heteroatoms. The van der Waals surface area contributed by atoms with Crippen LogP contribution >= 0.6 is 0 Å². The Morgan fingerprint density at radius 3 is 1.97 bits per heavy atom. The summed E-state index contributed by atoms with van der Waals surface area (Å²) in [4.78, 5) is 4.74. The molecule has 178 valence electrons. The first-order valence-corrected chi connectivity index (χ1v) is 12.7. The fraction of sp³-hybridized carbons (Fsp3) is 0.417. The van der Waals surface area contributed by atoms with Crippen LogP contribution in [-0.2, 0) is 14.8 Å². The van der Waals surface area contributed by atoms with Crippen molar-refractivity contribution in [2.24, 2.45) is 0 Å². The van der Waals surface area contributed by atoms with Gasteiger partial charge in [0.2, 0.25) is 10.0 Å². The molecule has 2 aromatic carbocycles. The normalized spacial score (nSPS) is 20.9. The molecule has 0 aliphatic carbocycles. The molecule has 4 rings (SSSR count). The lowest BCUT2D eigenvalue weighted by Crippen LogP contribution is -2.60. The molecule has 0 saturated carbocycles. The fourth-order valence-electron chi connectivity index (χ4n) is 4.27. The van der Waals surface area contributed by atoms with Crippen LogP contribution in [0.15, 0.2) is 53.4 Å². The van der Waals surface area contributed by atoms with E-state index in [0.717, 1.165) is 38.5 Å². The topological polar surface area (TPSA) is 119 Å². The third-order valence-electron chi connectivity index (χ3n) is 5.91. The molecule has 2 aliphatic rings. The Kier molecular flexibility index (Phi) is 7.78. The van der Waals surface area contributed by atoms with Crippen LogP contribution in [0.4, 0.5) is 0 Å². The zero-order valence-electron chi connectivity index (χ0n) is 18.8. The Morgan fingerprint density at radius 2 is 1.41 bits per heavy atom. The number of nitrogens with one attached hydrogen (secondary N) is 1. The van der Waals surface area contributed by atoms with Crippen molar-refractivity contribution in [3.63, 3.8) is 0 Å². The van der Waals surface area contributed by atoms with E-state index in [1.54, 1.807) is 24.3 Å². The van der Waals surface area contributed by atoms with Gasteiger partial charge in [-0.2, -0.15) is 10.5 Å². The van der Waals surface area contributed by atoms with Crippen LogP contribution < -0.4 is 9.46 Å². The highest BCUT2D eigenvalue weighted by Gasteiger charge is 2.34.